The number of rotatable bonds is 4. The van der Waals surface area contributed by atoms with Crippen LogP contribution in [0.15, 0.2) is 20.7 Å². The third kappa shape index (κ3) is 3.93. The van der Waals surface area contributed by atoms with E-state index in [2.05, 4.69) is 4.90 Å². The Hall–Kier alpha value is -0.690. The first kappa shape index (κ1) is 19.6. The summed E-state index contributed by atoms with van der Waals surface area (Å²) in [5.41, 5.74) is 0.363. The van der Waals surface area contributed by atoms with Crippen molar-refractivity contribution in [1.29, 1.82) is 0 Å². The van der Waals surface area contributed by atoms with Crippen molar-refractivity contribution in [1.82, 2.24) is 9.21 Å². The van der Waals surface area contributed by atoms with Gasteiger partial charge in [0.15, 0.2) is 0 Å². The number of fused-ring (bicyclic) bond motifs is 1. The van der Waals surface area contributed by atoms with Gasteiger partial charge in [0.1, 0.15) is 8.42 Å². The summed E-state index contributed by atoms with van der Waals surface area (Å²) in [5.74, 6) is 0. The highest BCUT2D eigenvalue weighted by molar-refractivity contribution is 7.94. The molecule has 1 aromatic heterocycles. The molecule has 0 amide bonds. The molecule has 2 N–H and O–H groups in total. The average Bonchev–Trinajstić information content (AvgIpc) is 2.93. The zero-order chi connectivity index (χ0) is 16.7. The van der Waals surface area contributed by atoms with Crippen molar-refractivity contribution in [2.24, 2.45) is 5.14 Å². The fourth-order valence-electron chi connectivity index (χ4n) is 2.43. The molecule has 8 nitrogen and oxygen atoms in total. The predicted octanol–water partition coefficient (Wildman–Crippen LogP) is 0.125. The van der Waals surface area contributed by atoms with Crippen molar-refractivity contribution in [3.63, 3.8) is 0 Å². The van der Waals surface area contributed by atoms with Crippen LogP contribution in [-0.4, -0.2) is 65.4 Å². The van der Waals surface area contributed by atoms with E-state index >= 15 is 0 Å². The first-order valence-electron chi connectivity index (χ1n) is 6.95. The molecule has 24 heavy (non-hydrogen) atoms. The van der Waals surface area contributed by atoms with Crippen LogP contribution < -0.4 is 5.14 Å². The molecular weight excluding hydrogens is 398 g/mol. The molecule has 1 saturated heterocycles. The largest absolute Gasteiger partial charge is 0.379 e. The number of thiophene rings is 1. The monoisotopic (exact) mass is 415 g/mol. The number of morpholine rings is 1. The first-order valence-corrected chi connectivity index (χ1v) is 10.8. The van der Waals surface area contributed by atoms with Gasteiger partial charge >= 0.3 is 0 Å². The van der Waals surface area contributed by atoms with E-state index in [0.29, 0.717) is 43.2 Å². The molecule has 12 heteroatoms. The molecule has 3 rings (SSSR count). The van der Waals surface area contributed by atoms with Crippen molar-refractivity contribution in [3.8, 4) is 0 Å². The lowest BCUT2D eigenvalue weighted by molar-refractivity contribution is 0.0372. The predicted molar refractivity (Wildman–Crippen MR) is 93.1 cm³/mol. The summed E-state index contributed by atoms with van der Waals surface area (Å²) in [6, 6.07) is 1.29. The summed E-state index contributed by atoms with van der Waals surface area (Å²) >= 11 is 0.687. The van der Waals surface area contributed by atoms with E-state index in [0.717, 1.165) is 13.1 Å². The van der Waals surface area contributed by atoms with Gasteiger partial charge in [-0.15, -0.1) is 23.7 Å². The lowest BCUT2D eigenvalue weighted by atomic mass is 10.3. The summed E-state index contributed by atoms with van der Waals surface area (Å²) in [5, 5.41) is 5.08. The molecule has 3 heterocycles. The third-order valence-corrected chi connectivity index (χ3v) is 8.56. The van der Waals surface area contributed by atoms with E-state index in [1.807, 2.05) is 0 Å². The van der Waals surface area contributed by atoms with E-state index < -0.39 is 20.0 Å². The summed E-state index contributed by atoms with van der Waals surface area (Å²) in [4.78, 5) is 2.13. The van der Waals surface area contributed by atoms with Gasteiger partial charge in [0.25, 0.3) is 10.0 Å². The second-order valence-electron chi connectivity index (χ2n) is 5.24. The van der Waals surface area contributed by atoms with Crippen molar-refractivity contribution >= 4 is 49.9 Å². The molecule has 0 spiro atoms. The first-order chi connectivity index (χ1) is 10.8. The van der Waals surface area contributed by atoms with Gasteiger partial charge < -0.3 is 4.74 Å². The van der Waals surface area contributed by atoms with Gasteiger partial charge in [0, 0.05) is 37.9 Å². The van der Waals surface area contributed by atoms with Gasteiger partial charge in [-0.05, 0) is 12.1 Å². The Morgan fingerprint density at radius 2 is 1.92 bits per heavy atom. The topological polar surface area (TPSA) is 110 Å². The molecular formula is C12H18ClN3O5S3. The molecule has 136 valence electrons. The molecule has 0 aliphatic carbocycles. The minimum Gasteiger partial charge on any atom is -0.379 e. The maximum absolute atomic E-state index is 12.6. The molecule has 2 aliphatic rings. The van der Waals surface area contributed by atoms with Gasteiger partial charge in [-0.25, -0.2) is 22.0 Å². The minimum absolute atomic E-state index is 0. The second-order valence-corrected chi connectivity index (χ2v) is 10.2. The van der Waals surface area contributed by atoms with Crippen LogP contribution in [0.2, 0.25) is 0 Å². The van der Waals surface area contributed by atoms with E-state index in [4.69, 9.17) is 9.88 Å². The molecule has 1 fully saturated rings. The van der Waals surface area contributed by atoms with Gasteiger partial charge in [-0.1, -0.05) is 0 Å². The highest BCUT2D eigenvalue weighted by atomic mass is 35.5. The minimum atomic E-state index is -3.91. The Morgan fingerprint density at radius 1 is 1.25 bits per heavy atom. The van der Waals surface area contributed by atoms with Crippen LogP contribution in [-0.2, 0) is 24.8 Å². The standard InChI is InChI=1S/C12H17N3O5S3.ClH/c13-22(16,17)11-9-10-1-2-15(23(18,19)12(10)21-11)4-3-14-5-7-20-8-6-14;/h1-2,9H,3-8H2,(H2,13,16,17);1H. The van der Waals surface area contributed by atoms with Gasteiger partial charge in [-0.3, -0.25) is 9.21 Å². The van der Waals surface area contributed by atoms with Crippen LogP contribution in [0, 0.1) is 0 Å². The Bertz CT molecular complexity index is 828. The van der Waals surface area contributed by atoms with Crippen molar-refractivity contribution in [2.45, 2.75) is 8.42 Å². The van der Waals surface area contributed by atoms with Crippen molar-refractivity contribution in [2.75, 3.05) is 39.4 Å². The number of halogens is 1. The highest BCUT2D eigenvalue weighted by Crippen LogP contribution is 2.35. The lowest BCUT2D eigenvalue weighted by Gasteiger charge is -2.30. The highest BCUT2D eigenvalue weighted by Gasteiger charge is 2.32. The van der Waals surface area contributed by atoms with Crippen LogP contribution in [0.5, 0.6) is 0 Å². The normalized spacial score (nSPS) is 20.5. The number of nitrogens with two attached hydrogens (primary N) is 1. The summed E-state index contributed by atoms with van der Waals surface area (Å²) in [6.45, 7) is 3.75. The Morgan fingerprint density at radius 3 is 2.54 bits per heavy atom. The van der Waals surface area contributed by atoms with E-state index in [9.17, 15) is 16.8 Å². The molecule has 1 aromatic rings. The third-order valence-electron chi connectivity index (χ3n) is 3.69. The number of sulfonamides is 2. The summed E-state index contributed by atoms with van der Waals surface area (Å²) in [7, 11) is -7.65. The van der Waals surface area contributed by atoms with E-state index in [1.54, 1.807) is 6.08 Å². The lowest BCUT2D eigenvalue weighted by Crippen LogP contribution is -2.41. The Labute approximate surface area is 151 Å². The van der Waals surface area contributed by atoms with E-state index in [-0.39, 0.29) is 20.8 Å². The molecule has 2 aliphatic heterocycles. The van der Waals surface area contributed by atoms with Crippen LogP contribution in [0.3, 0.4) is 0 Å². The molecule has 0 saturated carbocycles. The number of primary sulfonamides is 1. The van der Waals surface area contributed by atoms with Crippen LogP contribution >= 0.6 is 23.7 Å². The zero-order valence-electron chi connectivity index (χ0n) is 12.6. The Kier molecular flexibility index (Phi) is 5.95. The SMILES string of the molecule is Cl.NS(=O)(=O)c1cc2c(s1)S(=O)(=O)N(CCN1CCOCC1)C=C2. The van der Waals surface area contributed by atoms with Gasteiger partial charge in [0.05, 0.1) is 13.2 Å². The van der Waals surface area contributed by atoms with Crippen LogP contribution in [0.1, 0.15) is 5.56 Å². The molecule has 0 bridgehead atoms. The number of ether oxygens (including phenoxy) is 1. The number of hydrogen-bond donors (Lipinski definition) is 1. The van der Waals surface area contributed by atoms with Crippen molar-refractivity contribution < 1.29 is 21.6 Å². The summed E-state index contributed by atoms with van der Waals surface area (Å²) in [6.07, 6.45) is 3.07. The fraction of sp³-hybridized carbons (Fsp3) is 0.500. The maximum atomic E-state index is 12.6. The zero-order valence-corrected chi connectivity index (χ0v) is 15.9. The number of nitrogens with zero attached hydrogens (tertiary/aromatic N) is 2. The summed E-state index contributed by atoms with van der Waals surface area (Å²) < 4.78 is 54.4. The van der Waals surface area contributed by atoms with Gasteiger partial charge in [0.2, 0.25) is 10.0 Å². The van der Waals surface area contributed by atoms with E-state index in [1.165, 1.54) is 16.6 Å². The maximum Gasteiger partial charge on any atom is 0.274 e. The van der Waals surface area contributed by atoms with Crippen LogP contribution in [0.4, 0.5) is 0 Å². The van der Waals surface area contributed by atoms with Gasteiger partial charge in [-0.2, -0.15) is 0 Å². The fourth-order valence-corrected chi connectivity index (χ4v) is 6.37. The Balaban J connectivity index is 0.00000208. The smallest absolute Gasteiger partial charge is 0.274 e. The molecule has 0 atom stereocenters. The van der Waals surface area contributed by atoms with Crippen molar-refractivity contribution in [3.05, 3.63) is 17.8 Å². The molecule has 0 unspecified atom stereocenters. The van der Waals surface area contributed by atoms with Crippen LogP contribution in [0.25, 0.3) is 6.08 Å². The quantitative estimate of drug-likeness (QED) is 0.748. The average molecular weight is 416 g/mol. The molecule has 0 aromatic carbocycles. The molecule has 0 radical (unpaired) electrons. The number of hydrogen-bond acceptors (Lipinski definition) is 7. The second kappa shape index (κ2) is 7.28.